The molecule has 0 amide bonds. The Morgan fingerprint density at radius 3 is 2.89 bits per heavy atom. The van der Waals surface area contributed by atoms with Gasteiger partial charge >= 0.3 is 0 Å². The fourth-order valence-corrected chi connectivity index (χ4v) is 1.98. The van der Waals surface area contributed by atoms with Crippen molar-refractivity contribution in [1.82, 2.24) is 5.43 Å². The van der Waals surface area contributed by atoms with E-state index in [1.54, 1.807) is 0 Å². The zero-order valence-electron chi connectivity index (χ0n) is 11.6. The quantitative estimate of drug-likeness (QED) is 0.409. The molecule has 0 bridgehead atoms. The molecule has 106 valence electrons. The summed E-state index contributed by atoms with van der Waals surface area (Å²) >= 11 is 0. The maximum Gasteiger partial charge on any atom is 0.120 e. The van der Waals surface area contributed by atoms with Crippen molar-refractivity contribution in [2.75, 3.05) is 13.2 Å². The summed E-state index contributed by atoms with van der Waals surface area (Å²) in [5.41, 5.74) is 4.01. The van der Waals surface area contributed by atoms with Crippen molar-refractivity contribution in [2.24, 2.45) is 5.84 Å². The van der Waals surface area contributed by atoms with Crippen molar-refractivity contribution >= 4 is 0 Å². The molecule has 0 aromatic heterocycles. The smallest absolute Gasteiger partial charge is 0.120 e. The number of benzene rings is 1. The molecule has 1 atom stereocenters. The highest BCUT2D eigenvalue weighted by molar-refractivity contribution is 5.31. The van der Waals surface area contributed by atoms with Gasteiger partial charge in [-0.05, 0) is 43.4 Å². The molecule has 0 aliphatic heterocycles. The number of rotatable bonds is 9. The van der Waals surface area contributed by atoms with Crippen LogP contribution in [-0.4, -0.2) is 19.3 Å². The van der Waals surface area contributed by atoms with E-state index < -0.39 is 0 Å². The molecule has 3 N–H and O–H groups in total. The highest BCUT2D eigenvalue weighted by atomic mass is 16.5. The standard InChI is InChI=1S/C15H24N2O2/c1-2-9-18-10-8-15(17-16)12-4-3-5-14(11-12)19-13-6-7-13/h3-5,11,13,15,17H,2,6-10,16H2,1H3. The summed E-state index contributed by atoms with van der Waals surface area (Å²) in [7, 11) is 0. The third-order valence-corrected chi connectivity index (χ3v) is 3.19. The van der Waals surface area contributed by atoms with E-state index in [-0.39, 0.29) is 6.04 Å². The fraction of sp³-hybridized carbons (Fsp3) is 0.600. The topological polar surface area (TPSA) is 56.5 Å². The van der Waals surface area contributed by atoms with Crippen molar-refractivity contribution in [3.05, 3.63) is 29.8 Å². The molecule has 4 nitrogen and oxygen atoms in total. The monoisotopic (exact) mass is 264 g/mol. The third kappa shape index (κ3) is 4.82. The SMILES string of the molecule is CCCOCCC(NN)c1cccc(OC2CC2)c1. The lowest BCUT2D eigenvalue weighted by Gasteiger charge is -2.17. The molecule has 0 heterocycles. The predicted octanol–water partition coefficient (Wildman–Crippen LogP) is 2.55. The predicted molar refractivity (Wildman–Crippen MR) is 75.9 cm³/mol. The Bertz CT molecular complexity index is 380. The van der Waals surface area contributed by atoms with Crippen LogP contribution in [0, 0.1) is 0 Å². The van der Waals surface area contributed by atoms with Crippen LogP contribution in [0.3, 0.4) is 0 Å². The van der Waals surface area contributed by atoms with Crippen molar-refractivity contribution in [1.29, 1.82) is 0 Å². The van der Waals surface area contributed by atoms with Gasteiger partial charge in [-0.25, -0.2) is 0 Å². The van der Waals surface area contributed by atoms with Crippen molar-refractivity contribution < 1.29 is 9.47 Å². The number of nitrogens with one attached hydrogen (secondary N) is 1. The summed E-state index contributed by atoms with van der Waals surface area (Å²) in [4.78, 5) is 0. The molecule has 1 aliphatic rings. The summed E-state index contributed by atoms with van der Waals surface area (Å²) < 4.78 is 11.3. The van der Waals surface area contributed by atoms with Crippen LogP contribution in [0.5, 0.6) is 5.75 Å². The van der Waals surface area contributed by atoms with Gasteiger partial charge in [-0.1, -0.05) is 19.1 Å². The van der Waals surface area contributed by atoms with E-state index in [1.807, 2.05) is 12.1 Å². The summed E-state index contributed by atoms with van der Waals surface area (Å²) in [6.45, 7) is 3.63. The number of hydrogen-bond donors (Lipinski definition) is 2. The zero-order chi connectivity index (χ0) is 13.5. The lowest BCUT2D eigenvalue weighted by molar-refractivity contribution is 0.124. The molecule has 1 aromatic rings. The van der Waals surface area contributed by atoms with Crippen LogP contribution in [0.25, 0.3) is 0 Å². The molecule has 0 radical (unpaired) electrons. The van der Waals surface area contributed by atoms with Crippen LogP contribution in [0.1, 0.15) is 44.2 Å². The number of nitrogens with two attached hydrogens (primary N) is 1. The fourth-order valence-electron chi connectivity index (χ4n) is 1.98. The number of hydrogen-bond acceptors (Lipinski definition) is 4. The van der Waals surface area contributed by atoms with Gasteiger partial charge < -0.3 is 9.47 Å². The van der Waals surface area contributed by atoms with Crippen molar-refractivity contribution in [3.63, 3.8) is 0 Å². The second kappa shape index (κ2) is 7.48. The van der Waals surface area contributed by atoms with Gasteiger partial charge in [-0.3, -0.25) is 11.3 Å². The van der Waals surface area contributed by atoms with E-state index in [4.69, 9.17) is 15.3 Å². The first-order valence-electron chi connectivity index (χ1n) is 7.14. The van der Waals surface area contributed by atoms with Gasteiger partial charge in [0.2, 0.25) is 0 Å². The molecule has 19 heavy (non-hydrogen) atoms. The minimum absolute atomic E-state index is 0.111. The van der Waals surface area contributed by atoms with Crippen molar-refractivity contribution in [2.45, 2.75) is 44.8 Å². The Morgan fingerprint density at radius 1 is 1.37 bits per heavy atom. The van der Waals surface area contributed by atoms with Gasteiger partial charge in [0.05, 0.1) is 6.10 Å². The van der Waals surface area contributed by atoms with Crippen molar-refractivity contribution in [3.8, 4) is 5.75 Å². The van der Waals surface area contributed by atoms with E-state index in [0.29, 0.717) is 6.10 Å². The molecule has 1 saturated carbocycles. The minimum atomic E-state index is 0.111. The van der Waals surface area contributed by atoms with Crippen LogP contribution in [0.4, 0.5) is 0 Å². The first-order chi connectivity index (χ1) is 9.33. The Hall–Kier alpha value is -1.10. The first kappa shape index (κ1) is 14.3. The average Bonchev–Trinajstić information content (AvgIpc) is 3.23. The van der Waals surface area contributed by atoms with E-state index in [9.17, 15) is 0 Å². The van der Waals surface area contributed by atoms with E-state index >= 15 is 0 Å². The summed E-state index contributed by atoms with van der Waals surface area (Å²) in [5.74, 6) is 6.58. The first-order valence-corrected chi connectivity index (χ1v) is 7.14. The largest absolute Gasteiger partial charge is 0.490 e. The molecule has 0 spiro atoms. The molecular formula is C15H24N2O2. The third-order valence-electron chi connectivity index (χ3n) is 3.19. The van der Waals surface area contributed by atoms with Crippen LogP contribution >= 0.6 is 0 Å². The highest BCUT2D eigenvalue weighted by Gasteiger charge is 2.23. The molecule has 1 fully saturated rings. The normalized spacial score (nSPS) is 16.3. The van der Waals surface area contributed by atoms with Crippen LogP contribution in [0.15, 0.2) is 24.3 Å². The van der Waals surface area contributed by atoms with E-state index in [1.165, 1.54) is 12.8 Å². The van der Waals surface area contributed by atoms with Gasteiger partial charge in [0.15, 0.2) is 0 Å². The summed E-state index contributed by atoms with van der Waals surface area (Å²) in [6.07, 6.45) is 4.68. The number of ether oxygens (including phenoxy) is 2. The second-order valence-corrected chi connectivity index (χ2v) is 5.01. The molecule has 2 rings (SSSR count). The second-order valence-electron chi connectivity index (χ2n) is 5.01. The Balaban J connectivity index is 1.88. The Labute approximate surface area is 115 Å². The van der Waals surface area contributed by atoms with Gasteiger partial charge in [0.1, 0.15) is 5.75 Å². The Morgan fingerprint density at radius 2 is 2.21 bits per heavy atom. The Kier molecular flexibility index (Phi) is 5.63. The van der Waals surface area contributed by atoms with Gasteiger partial charge in [0, 0.05) is 19.3 Å². The van der Waals surface area contributed by atoms with Gasteiger partial charge in [0.25, 0.3) is 0 Å². The zero-order valence-corrected chi connectivity index (χ0v) is 11.6. The highest BCUT2D eigenvalue weighted by Crippen LogP contribution is 2.28. The van der Waals surface area contributed by atoms with Crippen LogP contribution in [0.2, 0.25) is 0 Å². The molecule has 4 heteroatoms. The minimum Gasteiger partial charge on any atom is -0.490 e. The molecule has 1 unspecified atom stereocenters. The van der Waals surface area contributed by atoms with Gasteiger partial charge in [-0.15, -0.1) is 0 Å². The van der Waals surface area contributed by atoms with Gasteiger partial charge in [-0.2, -0.15) is 0 Å². The van der Waals surface area contributed by atoms with E-state index in [0.717, 1.165) is 37.4 Å². The lowest BCUT2D eigenvalue weighted by atomic mass is 10.0. The van der Waals surface area contributed by atoms with Crippen LogP contribution < -0.4 is 16.0 Å². The average molecular weight is 264 g/mol. The maximum atomic E-state index is 5.80. The number of hydrazine groups is 1. The maximum absolute atomic E-state index is 5.80. The van der Waals surface area contributed by atoms with E-state index in [2.05, 4.69) is 24.5 Å². The molecular weight excluding hydrogens is 240 g/mol. The molecule has 1 aromatic carbocycles. The summed E-state index contributed by atoms with van der Waals surface area (Å²) in [6, 6.07) is 8.28. The summed E-state index contributed by atoms with van der Waals surface area (Å²) in [5, 5.41) is 0. The van der Waals surface area contributed by atoms with Crippen LogP contribution in [-0.2, 0) is 4.74 Å². The lowest BCUT2D eigenvalue weighted by Crippen LogP contribution is -2.29. The molecule has 0 saturated heterocycles. The molecule has 1 aliphatic carbocycles.